The summed E-state index contributed by atoms with van der Waals surface area (Å²) in [6.07, 6.45) is 28.5. The number of unbranched alkanes of at least 4 members (excludes halogenated alkanes) is 14. The molecule has 0 saturated carbocycles. The highest BCUT2D eigenvalue weighted by molar-refractivity contribution is 5.79. The molecule has 0 amide bonds. The largest absolute Gasteiger partial charge is 0.478 e. The molecular weight excluding hydrogens is 296 g/mol. The van der Waals surface area contributed by atoms with Crippen LogP contribution in [0.5, 0.6) is 0 Å². The Bertz CT molecular complexity index is 318. The second-order valence-electron chi connectivity index (χ2n) is 6.82. The van der Waals surface area contributed by atoms with Crippen LogP contribution in [0.4, 0.5) is 0 Å². The number of carbonyl (C=O) groups is 1. The Balaban J connectivity index is 3.11. The molecule has 0 bridgehead atoms. The normalized spacial score (nSPS) is 11.7. The number of allylic oxidation sites excluding steroid dienone is 3. The summed E-state index contributed by atoms with van der Waals surface area (Å²) < 4.78 is 0. The summed E-state index contributed by atoms with van der Waals surface area (Å²) in [5, 5.41) is 8.47. The van der Waals surface area contributed by atoms with E-state index in [4.69, 9.17) is 5.11 Å². The Hall–Kier alpha value is -1.05. The van der Waals surface area contributed by atoms with Gasteiger partial charge in [0.05, 0.1) is 0 Å². The summed E-state index contributed by atoms with van der Waals surface area (Å²) in [6, 6.07) is 0. The van der Waals surface area contributed by atoms with Crippen LogP contribution in [-0.4, -0.2) is 11.1 Å². The predicted octanol–water partition coefficient (Wildman–Crippen LogP) is 7.44. The van der Waals surface area contributed by atoms with Crippen molar-refractivity contribution in [2.45, 2.75) is 110 Å². The molecule has 0 aromatic carbocycles. The summed E-state index contributed by atoms with van der Waals surface area (Å²) in [4.78, 5) is 10.3. The average Bonchev–Trinajstić information content (AvgIpc) is 2.56. The molecule has 0 saturated heterocycles. The van der Waals surface area contributed by atoms with Crippen LogP contribution < -0.4 is 0 Å². The SMILES string of the molecule is CCCCCCCCC=CCCCCCCCCCC=CC(=O)O. The Morgan fingerprint density at radius 3 is 1.42 bits per heavy atom. The molecule has 2 nitrogen and oxygen atoms in total. The van der Waals surface area contributed by atoms with Gasteiger partial charge in [-0.05, 0) is 38.5 Å². The van der Waals surface area contributed by atoms with Gasteiger partial charge >= 0.3 is 5.97 Å². The molecule has 0 aliphatic heterocycles. The van der Waals surface area contributed by atoms with Crippen molar-refractivity contribution in [3.63, 3.8) is 0 Å². The van der Waals surface area contributed by atoms with Gasteiger partial charge in [0.1, 0.15) is 0 Å². The van der Waals surface area contributed by atoms with E-state index in [1.807, 2.05) is 0 Å². The minimum absolute atomic E-state index is 0.837. The van der Waals surface area contributed by atoms with Crippen molar-refractivity contribution in [3.05, 3.63) is 24.3 Å². The molecular formula is C22H40O2. The third-order valence-electron chi connectivity index (χ3n) is 4.39. The zero-order valence-corrected chi connectivity index (χ0v) is 16.0. The third kappa shape index (κ3) is 20.9. The minimum atomic E-state index is -0.837. The fraction of sp³-hybridized carbons (Fsp3) is 0.773. The van der Waals surface area contributed by atoms with Crippen molar-refractivity contribution >= 4 is 5.97 Å². The van der Waals surface area contributed by atoms with Gasteiger partial charge in [-0.25, -0.2) is 4.79 Å². The topological polar surface area (TPSA) is 37.3 Å². The van der Waals surface area contributed by atoms with Crippen LogP contribution in [0.1, 0.15) is 110 Å². The first-order valence-electron chi connectivity index (χ1n) is 10.3. The summed E-state index contributed by atoms with van der Waals surface area (Å²) in [7, 11) is 0. The van der Waals surface area contributed by atoms with Crippen molar-refractivity contribution < 1.29 is 9.90 Å². The number of carboxylic acid groups (broad SMARTS) is 1. The van der Waals surface area contributed by atoms with Gasteiger partial charge < -0.3 is 5.11 Å². The van der Waals surface area contributed by atoms with E-state index >= 15 is 0 Å². The van der Waals surface area contributed by atoms with Crippen molar-refractivity contribution in [2.24, 2.45) is 0 Å². The molecule has 0 aliphatic rings. The molecule has 1 N–H and O–H groups in total. The highest BCUT2D eigenvalue weighted by Crippen LogP contribution is 2.11. The minimum Gasteiger partial charge on any atom is -0.478 e. The third-order valence-corrected chi connectivity index (χ3v) is 4.39. The van der Waals surface area contributed by atoms with E-state index in [-0.39, 0.29) is 0 Å². The molecule has 0 aromatic rings. The molecule has 0 radical (unpaired) electrons. The van der Waals surface area contributed by atoms with Gasteiger partial charge in [0, 0.05) is 6.08 Å². The number of aliphatic carboxylic acids is 1. The smallest absolute Gasteiger partial charge is 0.327 e. The summed E-state index contributed by atoms with van der Waals surface area (Å²) in [6.45, 7) is 2.27. The van der Waals surface area contributed by atoms with E-state index in [2.05, 4.69) is 19.1 Å². The average molecular weight is 337 g/mol. The monoisotopic (exact) mass is 336 g/mol. The van der Waals surface area contributed by atoms with Crippen LogP contribution >= 0.6 is 0 Å². The Morgan fingerprint density at radius 1 is 0.625 bits per heavy atom. The lowest BCUT2D eigenvalue weighted by Gasteiger charge is -2.00. The lowest BCUT2D eigenvalue weighted by atomic mass is 10.1. The zero-order valence-electron chi connectivity index (χ0n) is 16.0. The van der Waals surface area contributed by atoms with Gasteiger partial charge in [-0.15, -0.1) is 0 Å². The fourth-order valence-corrected chi connectivity index (χ4v) is 2.87. The van der Waals surface area contributed by atoms with Crippen LogP contribution in [0.2, 0.25) is 0 Å². The lowest BCUT2D eigenvalue weighted by molar-refractivity contribution is -0.131. The molecule has 0 spiro atoms. The maximum absolute atomic E-state index is 10.3. The van der Waals surface area contributed by atoms with Crippen LogP contribution in [0.25, 0.3) is 0 Å². The maximum atomic E-state index is 10.3. The number of hydrogen-bond acceptors (Lipinski definition) is 1. The number of carboxylic acids is 1. The first kappa shape index (κ1) is 22.9. The Morgan fingerprint density at radius 2 is 1.00 bits per heavy atom. The highest BCUT2D eigenvalue weighted by Gasteiger charge is 1.92. The number of hydrogen-bond donors (Lipinski definition) is 1. The Kier molecular flexibility index (Phi) is 19.1. The van der Waals surface area contributed by atoms with E-state index in [0.29, 0.717) is 0 Å². The molecule has 0 aliphatic carbocycles. The predicted molar refractivity (Wildman–Crippen MR) is 105 cm³/mol. The summed E-state index contributed by atoms with van der Waals surface area (Å²) >= 11 is 0. The molecule has 0 unspecified atom stereocenters. The zero-order chi connectivity index (χ0) is 17.7. The molecule has 0 rings (SSSR count). The van der Waals surface area contributed by atoms with Gasteiger partial charge in [-0.2, -0.15) is 0 Å². The second kappa shape index (κ2) is 20.0. The first-order valence-corrected chi connectivity index (χ1v) is 10.3. The van der Waals surface area contributed by atoms with Crippen LogP contribution in [0, 0.1) is 0 Å². The molecule has 24 heavy (non-hydrogen) atoms. The second-order valence-corrected chi connectivity index (χ2v) is 6.82. The van der Waals surface area contributed by atoms with E-state index in [1.54, 1.807) is 6.08 Å². The lowest BCUT2D eigenvalue weighted by Crippen LogP contribution is -1.85. The van der Waals surface area contributed by atoms with Crippen molar-refractivity contribution in [2.75, 3.05) is 0 Å². The molecule has 0 aromatic heterocycles. The Labute approximate surface area is 150 Å². The van der Waals surface area contributed by atoms with Gasteiger partial charge in [0.2, 0.25) is 0 Å². The van der Waals surface area contributed by atoms with E-state index in [1.165, 1.54) is 96.0 Å². The van der Waals surface area contributed by atoms with Crippen molar-refractivity contribution in [3.8, 4) is 0 Å². The van der Waals surface area contributed by atoms with Gasteiger partial charge in [0.15, 0.2) is 0 Å². The first-order chi connectivity index (χ1) is 11.8. The highest BCUT2D eigenvalue weighted by atomic mass is 16.4. The number of rotatable bonds is 18. The van der Waals surface area contributed by atoms with Gasteiger partial charge in [-0.3, -0.25) is 0 Å². The van der Waals surface area contributed by atoms with Crippen LogP contribution in [-0.2, 0) is 4.79 Å². The standard InChI is InChI=1S/C22H40O2/c1-2-3-4-5-6-7-8-9-10-11-12-13-14-15-16-17-18-19-20-21-22(23)24/h9-10,20-21H,2-8,11-19H2,1H3,(H,23,24). The summed E-state index contributed by atoms with van der Waals surface area (Å²) in [5.41, 5.74) is 0. The van der Waals surface area contributed by atoms with E-state index < -0.39 is 5.97 Å². The fourth-order valence-electron chi connectivity index (χ4n) is 2.87. The molecule has 0 fully saturated rings. The van der Waals surface area contributed by atoms with Crippen molar-refractivity contribution in [1.82, 2.24) is 0 Å². The van der Waals surface area contributed by atoms with E-state index in [0.717, 1.165) is 12.8 Å². The van der Waals surface area contributed by atoms with E-state index in [9.17, 15) is 4.79 Å². The molecule has 0 heterocycles. The van der Waals surface area contributed by atoms with Crippen molar-refractivity contribution in [1.29, 1.82) is 0 Å². The molecule has 0 atom stereocenters. The van der Waals surface area contributed by atoms with Crippen LogP contribution in [0.15, 0.2) is 24.3 Å². The van der Waals surface area contributed by atoms with Gasteiger partial charge in [-0.1, -0.05) is 89.4 Å². The van der Waals surface area contributed by atoms with Gasteiger partial charge in [0.25, 0.3) is 0 Å². The quantitative estimate of drug-likeness (QED) is 0.160. The molecule has 140 valence electrons. The maximum Gasteiger partial charge on any atom is 0.327 e. The summed E-state index contributed by atoms with van der Waals surface area (Å²) in [5.74, 6) is -0.837. The molecule has 2 heteroatoms. The van der Waals surface area contributed by atoms with Crippen LogP contribution in [0.3, 0.4) is 0 Å².